The molecule has 1 saturated carbocycles. The highest BCUT2D eigenvalue weighted by Gasteiger charge is 2.64. The third kappa shape index (κ3) is 13.2. The van der Waals surface area contributed by atoms with Crippen LogP contribution in [0.25, 0.3) is 0 Å². The second kappa shape index (κ2) is 24.2. The van der Waals surface area contributed by atoms with E-state index in [1.54, 1.807) is 59.2 Å². The summed E-state index contributed by atoms with van der Waals surface area (Å²) in [7, 11) is 7.70. The second-order valence-electron chi connectivity index (χ2n) is 19.4. The number of carbonyl (C=O) groups is 7. The van der Waals surface area contributed by atoms with Crippen LogP contribution in [-0.4, -0.2) is 152 Å². The maximum atomic E-state index is 14.1. The van der Waals surface area contributed by atoms with Crippen molar-refractivity contribution in [2.75, 3.05) is 58.8 Å². The standard InChI is InChI=1S/C36H50ClN3O10S.C14H22N2O3/c1-20-11-10-12-27(47-8)36(45)19-26(48-34(44)38-36)21(2)32-35(4,50-32)28(49-33(43)22(3)39(5)29(41)13-14-51-9)18-30(42)40(6)24-16-23(15-20)17-25(46-7)31(24)37;1-9-7-12(17)16(14(9)19)8-10-3-5-11(6-4-10)13(18)15-2/h10-12,16-17,21-22,26-28,32,45H,13-15,18-19H2,1-9H3,(H,38,44);9-11H,3-8H2,1-2H3,(H,15,18)/b12-10+,20-11+;/t21-,22+,26+,27-,28+,32+,35+,36+;/m1./s1. The van der Waals surface area contributed by atoms with Crippen LogP contribution in [0.2, 0.25) is 5.02 Å². The molecule has 9 atom stereocenters. The number of likely N-dealkylation sites (N-methyl/N-ethyl adjacent to an activating group) is 1. The van der Waals surface area contributed by atoms with Crippen LogP contribution in [0.1, 0.15) is 91.5 Å². The molecule has 4 aliphatic heterocycles. The van der Waals surface area contributed by atoms with Crippen LogP contribution in [0.5, 0.6) is 5.75 Å². The van der Waals surface area contributed by atoms with E-state index >= 15 is 0 Å². The molecule has 0 aromatic heterocycles. The van der Waals surface area contributed by atoms with Crippen LogP contribution in [0, 0.1) is 23.7 Å². The normalized spacial score (nSPS) is 31.9. The van der Waals surface area contributed by atoms with Gasteiger partial charge in [-0.2, -0.15) is 11.8 Å². The first kappa shape index (κ1) is 56.2. The minimum Gasteiger partial charge on any atom is -0.495 e. The molecule has 1 aromatic carbocycles. The molecule has 1 aliphatic carbocycles. The second-order valence-corrected chi connectivity index (χ2v) is 20.8. The topological polar surface area (TPSA) is 223 Å². The number of alkyl carbamates (subject to hydrolysis) is 1. The number of amides is 6. The minimum atomic E-state index is -1.82. The molecule has 1 unspecified atom stereocenters. The van der Waals surface area contributed by atoms with Gasteiger partial charge in [0.25, 0.3) is 0 Å². The van der Waals surface area contributed by atoms with Gasteiger partial charge in [0.1, 0.15) is 40.7 Å². The third-order valence-corrected chi connectivity index (χ3v) is 15.4. The third-order valence-electron chi connectivity index (χ3n) is 14.4. The van der Waals surface area contributed by atoms with Crippen molar-refractivity contribution in [3.8, 4) is 5.75 Å². The summed E-state index contributed by atoms with van der Waals surface area (Å²) in [6.45, 7) is 9.37. The number of ether oxygens (including phenoxy) is 5. The van der Waals surface area contributed by atoms with Crippen LogP contribution in [-0.2, 0) is 54.1 Å². The number of thioether (sulfide) groups is 1. The Bertz CT molecular complexity index is 2190. The number of benzene rings is 1. The number of fused-ring (bicyclic) bond motifs is 5. The van der Waals surface area contributed by atoms with Crippen molar-refractivity contribution in [3.63, 3.8) is 0 Å². The Balaban J connectivity index is 0.000000399. The molecule has 4 fully saturated rings. The van der Waals surface area contributed by atoms with Gasteiger partial charge in [0.05, 0.1) is 25.3 Å². The van der Waals surface area contributed by atoms with E-state index < -0.39 is 65.7 Å². The van der Waals surface area contributed by atoms with Crippen LogP contribution in [0.4, 0.5) is 10.5 Å². The molecule has 5 aliphatic rings. The molecule has 4 heterocycles. The lowest BCUT2D eigenvalue weighted by atomic mass is 9.81. The van der Waals surface area contributed by atoms with Crippen LogP contribution in [0.15, 0.2) is 35.9 Å². The first-order valence-corrected chi connectivity index (χ1v) is 25.7. The number of hydrogen-bond acceptors (Lipinski definition) is 14. The SMILES string of the molecule is CNC(=O)C1CCC(CN2C(=O)CC(C)C2=O)CC1.COc1cc2cc(c1Cl)N(C)C(=O)C[C@H](OC(=O)[C@H](C)N(C)C(=O)CCSC)[C@]1(C)O[C@H]1[C@H](C)[C@@H]1C[C@@](O)(NC(=O)O1)[C@H](OC)/C=C/C=C(\C)C2. The Morgan fingerprint density at radius 1 is 1.09 bits per heavy atom. The minimum absolute atomic E-state index is 0.0292. The number of carbonyl (C=O) groups excluding carboxylic acids is 7. The highest BCUT2D eigenvalue weighted by molar-refractivity contribution is 7.98. The zero-order valence-corrected chi connectivity index (χ0v) is 43.9. The molecule has 4 bridgehead atoms. The first-order valence-electron chi connectivity index (χ1n) is 23.9. The highest BCUT2D eigenvalue weighted by Crippen LogP contribution is 2.49. The maximum Gasteiger partial charge on any atom is 0.409 e. The molecule has 1 aromatic rings. The molecule has 0 radical (unpaired) electrons. The van der Waals surface area contributed by atoms with Crippen LogP contribution in [0.3, 0.4) is 0 Å². The van der Waals surface area contributed by atoms with Crippen LogP contribution < -0.4 is 20.3 Å². The maximum absolute atomic E-state index is 14.1. The number of nitrogens with one attached hydrogen (secondary N) is 2. The summed E-state index contributed by atoms with van der Waals surface area (Å²) in [5, 5.41) is 17.1. The molecule has 20 heteroatoms. The molecular weight excluding hydrogens is 946 g/mol. The summed E-state index contributed by atoms with van der Waals surface area (Å²) >= 11 is 8.27. The lowest BCUT2D eigenvalue weighted by Gasteiger charge is -2.42. The van der Waals surface area contributed by atoms with Crippen molar-refractivity contribution in [2.24, 2.45) is 23.7 Å². The summed E-state index contributed by atoms with van der Waals surface area (Å²) in [6.07, 6.45) is 7.07. The van der Waals surface area contributed by atoms with E-state index in [0.29, 0.717) is 42.5 Å². The Kier molecular flexibility index (Phi) is 19.4. The van der Waals surface area contributed by atoms with Crippen molar-refractivity contribution in [1.29, 1.82) is 0 Å². The van der Waals surface area contributed by atoms with Gasteiger partial charge in [-0.3, -0.25) is 34.2 Å². The van der Waals surface area contributed by atoms with Crippen molar-refractivity contribution in [2.45, 2.75) is 134 Å². The largest absolute Gasteiger partial charge is 0.495 e. The number of methoxy groups -OCH3 is 2. The fourth-order valence-corrected chi connectivity index (χ4v) is 10.4. The van der Waals surface area contributed by atoms with Crippen molar-refractivity contribution >= 4 is 70.6 Å². The number of likely N-dealkylation sites (tertiary alicyclic amines) is 1. The van der Waals surface area contributed by atoms with Gasteiger partial charge in [-0.25, -0.2) is 9.59 Å². The molecule has 6 rings (SSSR count). The number of imide groups is 1. The lowest BCUT2D eigenvalue weighted by Crippen LogP contribution is -2.63. The molecule has 70 heavy (non-hydrogen) atoms. The van der Waals surface area contributed by atoms with Gasteiger partial charge in [0, 0.05) is 77.6 Å². The van der Waals surface area contributed by atoms with Gasteiger partial charge in [0.15, 0.2) is 5.72 Å². The van der Waals surface area contributed by atoms with Gasteiger partial charge in [-0.1, -0.05) is 49.2 Å². The van der Waals surface area contributed by atoms with Gasteiger partial charge >= 0.3 is 12.1 Å². The van der Waals surface area contributed by atoms with E-state index in [4.69, 9.17) is 35.3 Å². The van der Waals surface area contributed by atoms with E-state index in [9.17, 15) is 38.7 Å². The van der Waals surface area contributed by atoms with Crippen molar-refractivity contribution in [1.82, 2.24) is 20.4 Å². The van der Waals surface area contributed by atoms with Gasteiger partial charge in [-0.15, -0.1) is 0 Å². The van der Waals surface area contributed by atoms with E-state index in [1.165, 1.54) is 47.7 Å². The summed E-state index contributed by atoms with van der Waals surface area (Å²) in [4.78, 5) is 92.5. The predicted molar refractivity (Wildman–Crippen MR) is 264 cm³/mol. The number of allylic oxidation sites excluding steroid dienone is 3. The molecule has 6 amide bonds. The Labute approximate surface area is 420 Å². The number of epoxide rings is 1. The Morgan fingerprint density at radius 3 is 2.37 bits per heavy atom. The summed E-state index contributed by atoms with van der Waals surface area (Å²) in [5.74, 6) is -0.545. The number of esters is 1. The number of aliphatic hydroxyl groups is 1. The number of hydrogen-bond donors (Lipinski definition) is 3. The molecular formula is C50H72ClN5O13S. The van der Waals surface area contributed by atoms with E-state index in [0.717, 1.165) is 36.8 Å². The summed E-state index contributed by atoms with van der Waals surface area (Å²) < 4.78 is 29.1. The van der Waals surface area contributed by atoms with Gasteiger partial charge < -0.3 is 43.9 Å². The lowest BCUT2D eigenvalue weighted by molar-refractivity contribution is -0.162. The number of halogens is 1. The van der Waals surface area contributed by atoms with E-state index in [1.807, 2.05) is 26.2 Å². The van der Waals surface area contributed by atoms with Crippen molar-refractivity contribution in [3.05, 3.63) is 46.5 Å². The monoisotopic (exact) mass is 1020 g/mol. The molecule has 3 N–H and O–H groups in total. The fraction of sp³-hybridized carbons (Fsp3) is 0.660. The fourth-order valence-electron chi connectivity index (χ4n) is 9.69. The first-order chi connectivity index (χ1) is 33.0. The Hall–Kier alpha value is -4.69. The van der Waals surface area contributed by atoms with E-state index in [2.05, 4.69) is 10.6 Å². The number of nitrogens with zero attached hydrogens (tertiary/aromatic N) is 3. The van der Waals surface area contributed by atoms with Crippen LogP contribution >= 0.6 is 23.4 Å². The van der Waals surface area contributed by atoms with Gasteiger partial charge in [0.2, 0.25) is 29.5 Å². The molecule has 3 saturated heterocycles. The number of rotatable bonds is 11. The van der Waals surface area contributed by atoms with E-state index in [-0.39, 0.29) is 59.7 Å². The zero-order valence-electron chi connectivity index (χ0n) is 42.3. The average Bonchev–Trinajstić information content (AvgIpc) is 3.97. The predicted octanol–water partition coefficient (Wildman–Crippen LogP) is 5.20. The summed E-state index contributed by atoms with van der Waals surface area (Å²) in [6, 6.07) is 2.64. The highest BCUT2D eigenvalue weighted by atomic mass is 35.5. The van der Waals surface area contributed by atoms with Gasteiger partial charge in [-0.05, 0) is 82.7 Å². The average molecular weight is 1020 g/mol. The Morgan fingerprint density at radius 2 is 1.77 bits per heavy atom. The molecule has 18 nitrogen and oxygen atoms in total. The summed E-state index contributed by atoms with van der Waals surface area (Å²) in [5.41, 5.74) is -0.877. The smallest absolute Gasteiger partial charge is 0.409 e. The quantitative estimate of drug-likeness (QED) is 0.147. The zero-order chi connectivity index (χ0) is 51.8. The molecule has 0 spiro atoms. The number of anilines is 1. The van der Waals surface area contributed by atoms with Crippen molar-refractivity contribution < 1.29 is 62.4 Å². The molecule has 388 valence electrons.